The fourth-order valence-corrected chi connectivity index (χ4v) is 12.3. The minimum atomic E-state index is -1.64. The van der Waals surface area contributed by atoms with E-state index in [-0.39, 0.29) is 38.6 Å². The molecule has 9 nitrogen and oxygen atoms in total. The molecule has 0 aromatic heterocycles. The van der Waals surface area contributed by atoms with Gasteiger partial charge in [0.1, 0.15) is 13.2 Å². The highest BCUT2D eigenvalue weighted by molar-refractivity contribution is 5.70. The summed E-state index contributed by atoms with van der Waals surface area (Å²) in [7, 11) is 5.93. The zero-order valence-corrected chi connectivity index (χ0v) is 70.0. The Morgan fingerprint density at radius 1 is 0.290 bits per heavy atom. The normalized spacial score (nSPS) is 13.5. The third kappa shape index (κ3) is 87.8. The molecule has 0 radical (unpaired) electrons. The Kier molecular flexibility index (Phi) is 81.9. The number of aliphatic carboxylic acids is 1. The van der Waals surface area contributed by atoms with E-state index in [4.69, 9.17) is 18.9 Å². The minimum absolute atomic E-state index is 0.136. The zero-order chi connectivity index (χ0) is 77.4. The van der Waals surface area contributed by atoms with Crippen LogP contribution in [0.2, 0.25) is 0 Å². The minimum Gasteiger partial charge on any atom is -0.545 e. The number of carbonyl (C=O) groups is 3. The first-order valence-electron chi connectivity index (χ1n) is 44.3. The van der Waals surface area contributed by atoms with Crippen LogP contribution in [0.15, 0.2) is 170 Å². The molecule has 0 aromatic rings. The lowest BCUT2D eigenvalue weighted by Gasteiger charge is -2.26. The summed E-state index contributed by atoms with van der Waals surface area (Å²) in [5.41, 5.74) is 0. The Morgan fingerprint density at radius 3 is 0.794 bits per heavy atom. The van der Waals surface area contributed by atoms with Gasteiger partial charge in [-0.1, -0.05) is 396 Å². The second kappa shape index (κ2) is 86.2. The van der Waals surface area contributed by atoms with Crippen LogP contribution < -0.4 is 5.11 Å². The van der Waals surface area contributed by atoms with Crippen LogP contribution in [0.5, 0.6) is 0 Å². The van der Waals surface area contributed by atoms with Crippen molar-refractivity contribution in [2.45, 2.75) is 386 Å². The van der Waals surface area contributed by atoms with Crippen LogP contribution in [0.3, 0.4) is 0 Å². The Hall–Kier alpha value is -5.35. The number of quaternary nitrogens is 1. The first-order valence-corrected chi connectivity index (χ1v) is 44.3. The number of hydrogen-bond donors (Lipinski definition) is 0. The predicted octanol–water partition coefficient (Wildman–Crippen LogP) is 27.9. The monoisotopic (exact) mass is 1480 g/mol. The topological polar surface area (TPSA) is 111 Å². The largest absolute Gasteiger partial charge is 0.545 e. The van der Waals surface area contributed by atoms with Crippen LogP contribution in [0, 0.1) is 0 Å². The number of allylic oxidation sites excluding steroid dienone is 28. The molecule has 0 aromatic carbocycles. The summed E-state index contributed by atoms with van der Waals surface area (Å²) in [4.78, 5) is 37.7. The van der Waals surface area contributed by atoms with Gasteiger partial charge in [0.15, 0.2) is 12.4 Å². The third-order valence-electron chi connectivity index (χ3n) is 18.9. The van der Waals surface area contributed by atoms with E-state index in [1.54, 1.807) is 0 Å². The highest BCUT2D eigenvalue weighted by Gasteiger charge is 2.22. The summed E-state index contributed by atoms with van der Waals surface area (Å²) in [5, 5.41) is 11.9. The molecule has 107 heavy (non-hydrogen) atoms. The average Bonchev–Trinajstić information content (AvgIpc) is 0.965. The molecule has 0 saturated heterocycles. The molecule has 0 heterocycles. The molecule has 0 spiro atoms. The van der Waals surface area contributed by atoms with Crippen LogP contribution in [-0.2, 0) is 33.3 Å². The van der Waals surface area contributed by atoms with Crippen molar-refractivity contribution in [3.63, 3.8) is 0 Å². The number of carbonyl (C=O) groups excluding carboxylic acids is 3. The molecule has 2 atom stereocenters. The van der Waals surface area contributed by atoms with Gasteiger partial charge in [-0.3, -0.25) is 9.59 Å². The van der Waals surface area contributed by atoms with E-state index in [0.717, 1.165) is 128 Å². The van der Waals surface area contributed by atoms with Crippen molar-refractivity contribution < 1.29 is 42.9 Å². The van der Waals surface area contributed by atoms with Crippen LogP contribution >= 0.6 is 0 Å². The van der Waals surface area contributed by atoms with E-state index in [2.05, 4.69) is 184 Å². The van der Waals surface area contributed by atoms with E-state index in [0.29, 0.717) is 17.4 Å². The van der Waals surface area contributed by atoms with Gasteiger partial charge in [0.2, 0.25) is 0 Å². The molecule has 0 fully saturated rings. The van der Waals surface area contributed by atoms with E-state index in [1.165, 1.54) is 212 Å². The van der Waals surface area contributed by atoms with Gasteiger partial charge in [-0.25, -0.2) is 0 Å². The Morgan fingerprint density at radius 2 is 0.533 bits per heavy atom. The molecule has 9 heteroatoms. The average molecular weight is 1490 g/mol. The lowest BCUT2D eigenvalue weighted by atomic mass is 10.0. The van der Waals surface area contributed by atoms with Gasteiger partial charge in [0.05, 0.1) is 40.3 Å². The molecular weight excluding hydrogens is 1320 g/mol. The maximum absolute atomic E-state index is 13.0. The van der Waals surface area contributed by atoms with Gasteiger partial charge < -0.3 is 33.3 Å². The fraction of sp³-hybridized carbons (Fsp3) is 0.684. The molecule has 0 N–H and O–H groups in total. The third-order valence-corrected chi connectivity index (χ3v) is 18.9. The van der Waals surface area contributed by atoms with Crippen molar-refractivity contribution in [2.24, 2.45) is 0 Å². The molecule has 0 bridgehead atoms. The van der Waals surface area contributed by atoms with Crippen molar-refractivity contribution >= 4 is 17.9 Å². The summed E-state index contributed by atoms with van der Waals surface area (Å²) in [5.74, 6) is -2.32. The van der Waals surface area contributed by atoms with Crippen molar-refractivity contribution in [1.82, 2.24) is 0 Å². The Bertz CT molecular complexity index is 2380. The standard InChI is InChI=1S/C98H165NO8/c1-6-8-10-12-14-16-18-20-22-24-26-28-30-32-34-36-38-40-42-44-46-48-50-52-54-56-58-60-62-64-66-68-70-72-74-76-78-80-82-84-86-88-95(100)105-92-94(93-106-98(97(102)103)104-91-90-99(3,4)5)107-96(101)89-87-85-83-81-79-77-75-73-71-69-67-65-63-61-59-57-55-53-51-49-47-45-43-41-39-37-35-33-31-29-27-25-23-21-19-17-15-13-11-9-7-2/h9,11,15,17-18,20-21,23-24,26-27,29,33,35,39,41,45,47,51,53,57,59,63,65,69,71,75,77,94,98H,6-8,10,12-14,16,19,22,25,28,30-32,34,36-38,40,42-44,46,48-50,52,54-56,58,60-62,64,66-68,70,72-74,76,78-93H2,1-5H3/b11-9-,17-15-,20-18-,23-21-,26-24-,29-27-,35-33-,41-39-,47-45-,53-51-,59-57-,65-63-,71-69-,77-75-. The van der Waals surface area contributed by atoms with Crippen molar-refractivity contribution in [3.8, 4) is 0 Å². The molecule has 0 aliphatic heterocycles. The number of nitrogens with zero attached hydrogens (tertiary/aromatic N) is 1. The Balaban J connectivity index is 4.06. The van der Waals surface area contributed by atoms with Gasteiger partial charge in [-0.2, -0.15) is 0 Å². The number of hydrogen-bond acceptors (Lipinski definition) is 8. The molecule has 0 saturated carbocycles. The number of esters is 2. The highest BCUT2D eigenvalue weighted by Crippen LogP contribution is 2.19. The molecule has 2 unspecified atom stereocenters. The number of ether oxygens (including phenoxy) is 4. The second-order valence-electron chi connectivity index (χ2n) is 30.4. The summed E-state index contributed by atoms with van der Waals surface area (Å²) >= 11 is 0. The van der Waals surface area contributed by atoms with E-state index < -0.39 is 24.3 Å². The lowest BCUT2D eigenvalue weighted by molar-refractivity contribution is -0.870. The Labute approximate surface area is 660 Å². The molecule has 610 valence electrons. The maximum Gasteiger partial charge on any atom is 0.306 e. The van der Waals surface area contributed by atoms with Crippen LogP contribution in [-0.4, -0.2) is 82.3 Å². The summed E-state index contributed by atoms with van der Waals surface area (Å²) in [6, 6.07) is 0. The number of likely N-dealkylation sites (N-methyl/N-ethyl adjacent to an activating group) is 1. The number of unbranched alkanes of at least 4 members (excludes halogenated alkanes) is 38. The van der Waals surface area contributed by atoms with Crippen molar-refractivity contribution in [1.29, 1.82) is 0 Å². The number of rotatable bonds is 81. The summed E-state index contributed by atoms with van der Waals surface area (Å²) in [6.45, 7) is 4.61. The molecule has 0 aliphatic rings. The fourth-order valence-electron chi connectivity index (χ4n) is 12.3. The molecule has 0 rings (SSSR count). The SMILES string of the molecule is CC/C=C\C/C=C\C/C=C\C/C=C\C/C=C\C/C=C\C/C=C\C/C=C\C/C=C\C/C=C\C/C=C\C/C=C\CCCCCCC(=O)OC(COC(=O)CCCCCCCCCCCCCCCCCCCCCCCCCCCCCCC/C=C\C/C=C\CCCCCCC)COC(OCC[N+](C)(C)C)C(=O)[O-]. The highest BCUT2D eigenvalue weighted by atomic mass is 16.7. The number of carboxylic acids is 1. The van der Waals surface area contributed by atoms with Gasteiger partial charge in [-0.05, 0) is 135 Å². The van der Waals surface area contributed by atoms with Gasteiger partial charge in [-0.15, -0.1) is 0 Å². The van der Waals surface area contributed by atoms with E-state index in [9.17, 15) is 19.5 Å². The first-order chi connectivity index (χ1) is 52.6. The predicted molar refractivity (Wildman–Crippen MR) is 462 cm³/mol. The van der Waals surface area contributed by atoms with Gasteiger partial charge in [0, 0.05) is 12.8 Å². The molecule has 0 amide bonds. The van der Waals surface area contributed by atoms with Crippen molar-refractivity contribution in [3.05, 3.63) is 170 Å². The van der Waals surface area contributed by atoms with E-state index in [1.807, 2.05) is 21.1 Å². The lowest BCUT2D eigenvalue weighted by Crippen LogP contribution is -2.44. The van der Waals surface area contributed by atoms with Gasteiger partial charge >= 0.3 is 11.9 Å². The second-order valence-corrected chi connectivity index (χ2v) is 30.4. The van der Waals surface area contributed by atoms with Crippen LogP contribution in [0.25, 0.3) is 0 Å². The first kappa shape index (κ1) is 102. The molecule has 0 aliphatic carbocycles. The summed E-state index contributed by atoms with van der Waals surface area (Å²) < 4.78 is 22.9. The molecular formula is C98H165NO8. The van der Waals surface area contributed by atoms with E-state index >= 15 is 0 Å². The quantitative estimate of drug-likeness (QED) is 0.0195. The zero-order valence-electron chi connectivity index (χ0n) is 70.0. The van der Waals surface area contributed by atoms with Gasteiger partial charge in [0.25, 0.3) is 0 Å². The smallest absolute Gasteiger partial charge is 0.306 e. The van der Waals surface area contributed by atoms with Crippen LogP contribution in [0.4, 0.5) is 0 Å². The summed E-state index contributed by atoms with van der Waals surface area (Å²) in [6.07, 6.45) is 127. The van der Waals surface area contributed by atoms with Crippen LogP contribution in [0.1, 0.15) is 373 Å². The van der Waals surface area contributed by atoms with Crippen molar-refractivity contribution in [2.75, 3.05) is 47.5 Å². The number of carboxylic acid groups (broad SMARTS) is 1. The maximum atomic E-state index is 13.0.